The van der Waals surface area contributed by atoms with Crippen molar-refractivity contribution in [2.24, 2.45) is 0 Å². The monoisotopic (exact) mass is 361 g/mol. The topological polar surface area (TPSA) is 143 Å². The number of fused-ring (bicyclic) bond motifs is 1. The van der Waals surface area contributed by atoms with E-state index in [1.165, 1.54) is 12.1 Å². The molecule has 0 fully saturated rings. The highest BCUT2D eigenvalue weighted by Crippen LogP contribution is 2.36. The number of phenolic OH excluding ortho intramolecular Hbond substituents is 2. The van der Waals surface area contributed by atoms with Crippen LogP contribution in [-0.2, 0) is 0 Å². The molecule has 2 heterocycles. The van der Waals surface area contributed by atoms with E-state index in [4.69, 9.17) is 9.78 Å². The second-order valence-corrected chi connectivity index (χ2v) is 5.80. The van der Waals surface area contributed by atoms with E-state index in [0.717, 1.165) is 0 Å². The van der Waals surface area contributed by atoms with Gasteiger partial charge in [-0.3, -0.25) is 9.78 Å². The van der Waals surface area contributed by atoms with Crippen molar-refractivity contribution in [3.63, 3.8) is 0 Å². The molecule has 8 heteroatoms. The van der Waals surface area contributed by atoms with Gasteiger partial charge >= 0.3 is 0 Å². The first-order valence-electron chi connectivity index (χ1n) is 7.77. The Labute approximate surface area is 151 Å². The minimum absolute atomic E-state index is 0.0354. The van der Waals surface area contributed by atoms with Crippen LogP contribution in [0.4, 0.5) is 0 Å². The van der Waals surface area contributed by atoms with Crippen LogP contribution in [0.25, 0.3) is 33.5 Å². The summed E-state index contributed by atoms with van der Waals surface area (Å²) in [5.41, 5.74) is 0.842. The largest absolute Gasteiger partial charge is 0.508 e. The number of hydrogen-bond donors (Lipinski definition) is 4. The lowest BCUT2D eigenvalue weighted by Crippen LogP contribution is -2.09. The van der Waals surface area contributed by atoms with Gasteiger partial charge in [-0.25, -0.2) is 0 Å². The molecule has 0 saturated heterocycles. The first-order chi connectivity index (χ1) is 13.0. The van der Waals surface area contributed by atoms with Gasteiger partial charge in [-0.05, 0) is 17.7 Å². The van der Waals surface area contributed by atoms with Crippen LogP contribution in [0.15, 0.2) is 51.8 Å². The molecule has 0 atom stereocenters. The molecule has 0 radical (unpaired) electrons. The Kier molecular flexibility index (Phi) is 3.56. The fourth-order valence-electron chi connectivity index (χ4n) is 2.87. The summed E-state index contributed by atoms with van der Waals surface area (Å²) in [6.07, 6.45) is 0. The van der Waals surface area contributed by atoms with Crippen LogP contribution in [0.2, 0.25) is 0 Å². The maximum Gasteiger partial charge on any atom is 0.272 e. The zero-order valence-corrected chi connectivity index (χ0v) is 13.6. The summed E-state index contributed by atoms with van der Waals surface area (Å²) in [4.78, 5) is 14.1. The second-order valence-electron chi connectivity index (χ2n) is 5.80. The van der Waals surface area contributed by atoms with E-state index in [9.17, 15) is 20.1 Å². The molecule has 0 unspecified atom stereocenters. The van der Waals surface area contributed by atoms with Crippen molar-refractivity contribution in [3.05, 3.63) is 58.4 Å². The van der Waals surface area contributed by atoms with Gasteiger partial charge in [0.2, 0.25) is 5.71 Å². The van der Waals surface area contributed by atoms with Crippen molar-refractivity contribution in [3.8, 4) is 45.7 Å². The van der Waals surface area contributed by atoms with Crippen LogP contribution in [0, 0.1) is 11.3 Å². The highest BCUT2D eigenvalue weighted by Gasteiger charge is 2.20. The Morgan fingerprint density at radius 1 is 1.04 bits per heavy atom. The van der Waals surface area contributed by atoms with Crippen molar-refractivity contribution >= 4 is 11.1 Å². The summed E-state index contributed by atoms with van der Waals surface area (Å²) in [6, 6.07) is 12.8. The highest BCUT2D eigenvalue weighted by atomic mass is 16.5. The number of aromatic nitrogens is 2. The first kappa shape index (κ1) is 16.2. The van der Waals surface area contributed by atoms with E-state index < -0.39 is 16.9 Å². The summed E-state index contributed by atoms with van der Waals surface area (Å²) in [7, 11) is 0. The maximum atomic E-state index is 11.7. The molecule has 0 saturated carbocycles. The van der Waals surface area contributed by atoms with Crippen molar-refractivity contribution in [2.45, 2.75) is 0 Å². The summed E-state index contributed by atoms with van der Waals surface area (Å²) in [6.45, 7) is 0. The number of hydrogen-bond acceptors (Lipinski definition) is 7. The number of rotatable bonds is 2. The number of nitrogens with one attached hydrogen (secondary N) is 1. The van der Waals surface area contributed by atoms with Crippen LogP contribution in [0.1, 0.15) is 5.56 Å². The zero-order valence-electron chi connectivity index (χ0n) is 13.6. The van der Waals surface area contributed by atoms with Gasteiger partial charge in [0.15, 0.2) is 11.3 Å². The van der Waals surface area contributed by atoms with Crippen LogP contribution in [-0.4, -0.2) is 25.5 Å². The Balaban J connectivity index is 1.83. The van der Waals surface area contributed by atoms with E-state index in [0.29, 0.717) is 16.7 Å². The second kappa shape index (κ2) is 5.93. The SMILES string of the molecule is N#Cc1c(O)c2c(-c3ccc(-c4ccc(O)cc4O)cc3)noc2[nH]c1=O. The molecular weight excluding hydrogens is 350 g/mol. The van der Waals surface area contributed by atoms with E-state index in [1.54, 1.807) is 36.4 Å². The zero-order chi connectivity index (χ0) is 19.1. The molecule has 0 amide bonds. The normalized spacial score (nSPS) is 10.8. The number of benzene rings is 2. The van der Waals surface area contributed by atoms with Gasteiger partial charge in [0.25, 0.3) is 5.56 Å². The smallest absolute Gasteiger partial charge is 0.272 e. The molecule has 4 aromatic rings. The average molecular weight is 361 g/mol. The number of phenols is 2. The molecule has 27 heavy (non-hydrogen) atoms. The minimum atomic E-state index is -0.761. The van der Waals surface area contributed by atoms with E-state index in [2.05, 4.69) is 10.1 Å². The number of H-pyrrole nitrogens is 1. The Bertz CT molecular complexity index is 1280. The van der Waals surface area contributed by atoms with Crippen molar-refractivity contribution < 1.29 is 19.8 Å². The molecule has 8 nitrogen and oxygen atoms in total. The predicted molar refractivity (Wildman–Crippen MR) is 95.2 cm³/mol. The third-order valence-electron chi connectivity index (χ3n) is 4.18. The van der Waals surface area contributed by atoms with Crippen molar-refractivity contribution in [2.75, 3.05) is 0 Å². The molecule has 0 aliphatic rings. The number of nitriles is 1. The minimum Gasteiger partial charge on any atom is -0.508 e. The molecule has 2 aromatic heterocycles. The molecule has 4 rings (SSSR count). The maximum absolute atomic E-state index is 11.7. The van der Waals surface area contributed by atoms with Gasteiger partial charge in [0.05, 0.1) is 0 Å². The molecule has 0 aliphatic heterocycles. The Hall–Kier alpha value is -4.25. The average Bonchev–Trinajstić information content (AvgIpc) is 3.06. The Morgan fingerprint density at radius 3 is 2.41 bits per heavy atom. The summed E-state index contributed by atoms with van der Waals surface area (Å²) in [5.74, 6) is -0.601. The lowest BCUT2D eigenvalue weighted by molar-refractivity contribution is 0.448. The van der Waals surface area contributed by atoms with Gasteiger partial charge in [0.1, 0.15) is 28.6 Å². The summed E-state index contributed by atoms with van der Waals surface area (Å²) >= 11 is 0. The molecule has 132 valence electrons. The summed E-state index contributed by atoms with van der Waals surface area (Å²) < 4.78 is 5.07. The first-order valence-corrected chi connectivity index (χ1v) is 7.77. The van der Waals surface area contributed by atoms with Gasteiger partial charge in [0, 0.05) is 17.2 Å². The van der Waals surface area contributed by atoms with Crippen LogP contribution in [0.5, 0.6) is 17.2 Å². The molecule has 0 bridgehead atoms. The van der Waals surface area contributed by atoms with E-state index >= 15 is 0 Å². The highest BCUT2D eigenvalue weighted by molar-refractivity contribution is 5.95. The van der Waals surface area contributed by atoms with Gasteiger partial charge < -0.3 is 19.8 Å². The van der Waals surface area contributed by atoms with Crippen LogP contribution >= 0.6 is 0 Å². The van der Waals surface area contributed by atoms with Gasteiger partial charge in [-0.15, -0.1) is 0 Å². The molecule has 0 spiro atoms. The quantitative estimate of drug-likeness (QED) is 0.430. The number of nitrogens with zero attached hydrogens (tertiary/aromatic N) is 2. The molecular formula is C19H11N3O5. The van der Waals surface area contributed by atoms with Gasteiger partial charge in [-0.1, -0.05) is 29.4 Å². The third kappa shape index (κ3) is 2.54. The van der Waals surface area contributed by atoms with Gasteiger partial charge in [-0.2, -0.15) is 5.26 Å². The molecule has 2 aromatic carbocycles. The van der Waals surface area contributed by atoms with Crippen molar-refractivity contribution in [1.82, 2.24) is 10.1 Å². The summed E-state index contributed by atoms with van der Waals surface area (Å²) in [5, 5.41) is 42.7. The standard InChI is InChI=1S/C19H11N3O5/c20-8-13-17(25)15-16(22-27-19(15)21-18(13)26)10-3-1-9(2-4-10)12-6-5-11(23)7-14(12)24/h1-7,23-24H,(H2,21,25,26). The van der Waals surface area contributed by atoms with Crippen LogP contribution in [0.3, 0.4) is 0 Å². The Morgan fingerprint density at radius 2 is 1.74 bits per heavy atom. The lowest BCUT2D eigenvalue weighted by Gasteiger charge is -2.06. The molecule has 4 N–H and O–H groups in total. The number of pyridine rings is 1. The fourth-order valence-corrected chi connectivity index (χ4v) is 2.87. The van der Waals surface area contributed by atoms with Crippen molar-refractivity contribution in [1.29, 1.82) is 5.26 Å². The molecule has 0 aliphatic carbocycles. The van der Waals surface area contributed by atoms with E-state index in [1.807, 2.05) is 0 Å². The predicted octanol–water partition coefficient (Wildman–Crippen LogP) is 2.84. The van der Waals surface area contributed by atoms with Crippen LogP contribution < -0.4 is 5.56 Å². The number of aromatic amines is 1. The van der Waals surface area contributed by atoms with E-state index in [-0.39, 0.29) is 28.3 Å². The lowest BCUT2D eigenvalue weighted by atomic mass is 10.0. The third-order valence-corrected chi connectivity index (χ3v) is 4.18. The fraction of sp³-hybridized carbons (Fsp3) is 0. The number of aromatic hydroxyl groups is 3.